The number of hydrogen-bond acceptors (Lipinski definition) is 4. The van der Waals surface area contributed by atoms with Crippen LogP contribution in [0.5, 0.6) is 0 Å². The molecule has 0 aliphatic carbocycles. The van der Waals surface area contributed by atoms with Crippen molar-refractivity contribution in [1.82, 2.24) is 0 Å². The molecule has 6 heteroatoms. The predicted octanol–water partition coefficient (Wildman–Crippen LogP) is 4.08. The summed E-state index contributed by atoms with van der Waals surface area (Å²) in [6, 6.07) is 13.0. The van der Waals surface area contributed by atoms with Crippen LogP contribution in [0.2, 0.25) is 0 Å². The quantitative estimate of drug-likeness (QED) is 0.750. The van der Waals surface area contributed by atoms with Gasteiger partial charge in [0, 0.05) is 18.4 Å². The molecule has 0 bridgehead atoms. The Morgan fingerprint density at radius 1 is 1.11 bits per heavy atom. The molecule has 2 aromatic carbocycles. The maximum Gasteiger partial charge on any atom is 0.336 e. The largest absolute Gasteiger partial charge is 0.478 e. The first-order chi connectivity index (χ1) is 12.8. The van der Waals surface area contributed by atoms with Gasteiger partial charge in [0.05, 0.1) is 11.5 Å². The lowest BCUT2D eigenvalue weighted by Crippen LogP contribution is -2.27. The summed E-state index contributed by atoms with van der Waals surface area (Å²) >= 11 is 1.12. The van der Waals surface area contributed by atoms with Crippen molar-refractivity contribution in [3.63, 3.8) is 0 Å². The van der Waals surface area contributed by atoms with Crippen LogP contribution in [0.3, 0.4) is 0 Å². The first-order valence-corrected chi connectivity index (χ1v) is 9.59. The molecule has 0 aliphatic heterocycles. The topological polar surface area (TPSA) is 83.5 Å². The number of carboxylic acid groups (broad SMARTS) is 1. The molecule has 1 atom stereocenters. The second-order valence-electron chi connectivity index (χ2n) is 6.47. The van der Waals surface area contributed by atoms with Crippen LogP contribution >= 0.6 is 11.8 Å². The highest BCUT2D eigenvalue weighted by atomic mass is 32.2. The average Bonchev–Trinajstić information content (AvgIpc) is 2.61. The van der Waals surface area contributed by atoms with Gasteiger partial charge in [-0.15, -0.1) is 0 Å². The van der Waals surface area contributed by atoms with Crippen LogP contribution in [0, 0.1) is 19.8 Å². The Morgan fingerprint density at radius 3 is 2.37 bits per heavy atom. The molecule has 5 nitrogen and oxygen atoms in total. The van der Waals surface area contributed by atoms with E-state index in [-0.39, 0.29) is 16.6 Å². The fraction of sp³-hybridized carbons (Fsp3) is 0.286. The van der Waals surface area contributed by atoms with E-state index < -0.39 is 11.9 Å². The molecule has 2 rings (SSSR count). The van der Waals surface area contributed by atoms with Crippen LogP contribution in [0.25, 0.3) is 0 Å². The van der Waals surface area contributed by atoms with Crippen molar-refractivity contribution < 1.29 is 19.5 Å². The van der Waals surface area contributed by atoms with E-state index in [1.165, 1.54) is 6.92 Å². The third-order valence-corrected chi connectivity index (χ3v) is 5.20. The molecule has 0 aliphatic rings. The molecular formula is C21H23NO4S. The second-order valence-corrected chi connectivity index (χ2v) is 7.67. The molecule has 0 saturated carbocycles. The molecule has 1 unspecified atom stereocenters. The maximum absolute atomic E-state index is 12.9. The van der Waals surface area contributed by atoms with Gasteiger partial charge in [0.15, 0.2) is 5.12 Å². The molecule has 0 aromatic heterocycles. The zero-order valence-corrected chi connectivity index (χ0v) is 16.4. The van der Waals surface area contributed by atoms with Crippen LogP contribution in [-0.2, 0) is 16.0 Å². The van der Waals surface area contributed by atoms with Crippen LogP contribution in [0.15, 0.2) is 42.5 Å². The minimum atomic E-state index is -1.03. The Morgan fingerprint density at radius 2 is 1.78 bits per heavy atom. The van der Waals surface area contributed by atoms with Gasteiger partial charge in [-0.25, -0.2) is 4.79 Å². The first kappa shape index (κ1) is 20.7. The molecule has 142 valence electrons. The summed E-state index contributed by atoms with van der Waals surface area (Å²) in [6.07, 6.45) is 0.504. The van der Waals surface area contributed by atoms with Gasteiger partial charge in [0.25, 0.3) is 0 Å². The van der Waals surface area contributed by atoms with E-state index in [9.17, 15) is 19.5 Å². The summed E-state index contributed by atoms with van der Waals surface area (Å²) in [5, 5.41) is 12.2. The van der Waals surface area contributed by atoms with Crippen LogP contribution < -0.4 is 5.32 Å². The molecule has 0 heterocycles. The van der Waals surface area contributed by atoms with Gasteiger partial charge in [-0.3, -0.25) is 9.59 Å². The molecule has 1 amide bonds. The smallest absolute Gasteiger partial charge is 0.336 e. The first-order valence-electron chi connectivity index (χ1n) is 8.60. The van der Waals surface area contributed by atoms with E-state index in [4.69, 9.17) is 0 Å². The van der Waals surface area contributed by atoms with E-state index in [0.717, 1.165) is 22.9 Å². The number of aryl methyl sites for hydroxylation is 1. The lowest BCUT2D eigenvalue weighted by atomic mass is 9.99. The summed E-state index contributed by atoms with van der Waals surface area (Å²) in [7, 11) is 0. The predicted molar refractivity (Wildman–Crippen MR) is 108 cm³/mol. The van der Waals surface area contributed by atoms with Crippen molar-refractivity contribution >= 4 is 34.4 Å². The second kappa shape index (κ2) is 9.37. The number of carboxylic acids is 1. The van der Waals surface area contributed by atoms with Crippen LogP contribution in [-0.4, -0.2) is 27.9 Å². The monoisotopic (exact) mass is 385 g/mol. The summed E-state index contributed by atoms with van der Waals surface area (Å²) in [5.41, 5.74) is 2.94. The standard InChI is InChI=1S/C21H23NO4S/c1-13-9-18(21(25)26)14(2)19(10-13)22-20(24)17(12-27-15(3)23)11-16-7-5-4-6-8-16/h4-10,17H,11-12H2,1-3H3,(H,22,24)(H,25,26). The van der Waals surface area contributed by atoms with Crippen LogP contribution in [0.1, 0.15) is 34.0 Å². The highest BCUT2D eigenvalue weighted by molar-refractivity contribution is 8.13. The van der Waals surface area contributed by atoms with E-state index in [1.54, 1.807) is 26.0 Å². The molecule has 0 radical (unpaired) electrons. The minimum Gasteiger partial charge on any atom is -0.478 e. The van der Waals surface area contributed by atoms with Crippen molar-refractivity contribution in [1.29, 1.82) is 0 Å². The molecule has 2 N–H and O–H groups in total. The highest BCUT2D eigenvalue weighted by Crippen LogP contribution is 2.24. The number of aromatic carboxylic acids is 1. The lowest BCUT2D eigenvalue weighted by Gasteiger charge is -2.18. The Bertz CT molecular complexity index is 849. The Hall–Kier alpha value is -2.60. The fourth-order valence-corrected chi connectivity index (χ4v) is 3.49. The summed E-state index contributed by atoms with van der Waals surface area (Å²) < 4.78 is 0. The summed E-state index contributed by atoms with van der Waals surface area (Å²) in [5.74, 6) is -1.29. The van der Waals surface area contributed by atoms with Gasteiger partial charge in [-0.05, 0) is 49.1 Å². The van der Waals surface area contributed by atoms with Gasteiger partial charge in [-0.2, -0.15) is 0 Å². The number of amides is 1. The number of rotatable bonds is 7. The summed E-state index contributed by atoms with van der Waals surface area (Å²) in [6.45, 7) is 4.94. The minimum absolute atomic E-state index is 0.0410. The lowest BCUT2D eigenvalue weighted by molar-refractivity contribution is -0.119. The number of thioether (sulfide) groups is 1. The molecular weight excluding hydrogens is 362 g/mol. The SMILES string of the molecule is CC(=O)SCC(Cc1ccccc1)C(=O)Nc1cc(C)cc(C(=O)O)c1C. The molecule has 0 spiro atoms. The Kier molecular flexibility index (Phi) is 7.19. The van der Waals surface area contributed by atoms with Crippen molar-refractivity contribution in [2.24, 2.45) is 5.92 Å². The van der Waals surface area contributed by atoms with E-state index in [0.29, 0.717) is 23.4 Å². The van der Waals surface area contributed by atoms with E-state index in [2.05, 4.69) is 5.32 Å². The van der Waals surface area contributed by atoms with Gasteiger partial charge in [-0.1, -0.05) is 42.1 Å². The maximum atomic E-state index is 12.9. The molecule has 0 saturated heterocycles. The number of benzene rings is 2. The van der Waals surface area contributed by atoms with Gasteiger partial charge < -0.3 is 10.4 Å². The molecule has 0 fully saturated rings. The zero-order chi connectivity index (χ0) is 20.0. The fourth-order valence-electron chi connectivity index (χ4n) is 2.79. The van der Waals surface area contributed by atoms with Gasteiger partial charge in [0.1, 0.15) is 0 Å². The van der Waals surface area contributed by atoms with Crippen molar-refractivity contribution in [2.75, 3.05) is 11.1 Å². The highest BCUT2D eigenvalue weighted by Gasteiger charge is 2.22. The van der Waals surface area contributed by atoms with E-state index >= 15 is 0 Å². The third kappa shape index (κ3) is 5.96. The van der Waals surface area contributed by atoms with Crippen LogP contribution in [0.4, 0.5) is 5.69 Å². The van der Waals surface area contributed by atoms with Gasteiger partial charge >= 0.3 is 5.97 Å². The Balaban J connectivity index is 2.24. The number of carbonyl (C=O) groups excluding carboxylic acids is 2. The number of carbonyl (C=O) groups is 3. The molecule has 2 aromatic rings. The number of anilines is 1. The third-order valence-electron chi connectivity index (χ3n) is 4.22. The molecule has 27 heavy (non-hydrogen) atoms. The van der Waals surface area contributed by atoms with Gasteiger partial charge in [0.2, 0.25) is 5.91 Å². The zero-order valence-electron chi connectivity index (χ0n) is 15.6. The number of nitrogens with one attached hydrogen (secondary N) is 1. The van der Waals surface area contributed by atoms with Crippen molar-refractivity contribution in [2.45, 2.75) is 27.2 Å². The Labute approximate surface area is 163 Å². The number of hydrogen-bond donors (Lipinski definition) is 2. The van der Waals surface area contributed by atoms with E-state index in [1.807, 2.05) is 30.3 Å². The van der Waals surface area contributed by atoms with Crippen molar-refractivity contribution in [3.05, 3.63) is 64.7 Å². The summed E-state index contributed by atoms with van der Waals surface area (Å²) in [4.78, 5) is 35.7. The average molecular weight is 385 g/mol. The van der Waals surface area contributed by atoms with Crippen molar-refractivity contribution in [3.8, 4) is 0 Å². The normalized spacial score (nSPS) is 11.7.